The van der Waals surface area contributed by atoms with E-state index in [-0.39, 0.29) is 11.8 Å². The van der Waals surface area contributed by atoms with Crippen LogP contribution >= 0.6 is 0 Å². The largest absolute Gasteiger partial charge is 0.416 e. The van der Waals surface area contributed by atoms with Crippen LogP contribution < -0.4 is 0 Å². The van der Waals surface area contributed by atoms with Crippen molar-refractivity contribution in [2.75, 3.05) is 6.54 Å². The van der Waals surface area contributed by atoms with Gasteiger partial charge in [0, 0.05) is 25.4 Å². The maximum Gasteiger partial charge on any atom is 0.416 e. The lowest BCUT2D eigenvalue weighted by molar-refractivity contribution is -0.137. The molecule has 1 amide bonds. The highest BCUT2D eigenvalue weighted by Gasteiger charge is 2.31. The van der Waals surface area contributed by atoms with Crippen LogP contribution in [0, 0.1) is 18.3 Å². The first-order chi connectivity index (χ1) is 8.90. The van der Waals surface area contributed by atoms with Gasteiger partial charge in [0.25, 0.3) is 0 Å². The molecule has 1 atom stereocenters. The number of likely N-dealkylation sites (tertiary alicyclic amines) is 1. The van der Waals surface area contributed by atoms with Crippen molar-refractivity contribution in [2.24, 2.45) is 5.92 Å². The maximum absolute atomic E-state index is 12.4. The molecule has 1 fully saturated rings. The lowest BCUT2D eigenvalue weighted by Gasteiger charge is -2.16. The molecule has 2 nitrogen and oxygen atoms in total. The molecule has 1 saturated heterocycles. The normalized spacial score (nSPS) is 19.6. The molecule has 19 heavy (non-hydrogen) atoms. The Morgan fingerprint density at radius 2 is 1.95 bits per heavy atom. The minimum atomic E-state index is -4.34. The summed E-state index contributed by atoms with van der Waals surface area (Å²) < 4.78 is 37.2. The smallest absolute Gasteiger partial charge is 0.337 e. The summed E-state index contributed by atoms with van der Waals surface area (Å²) in [6.45, 7) is 0.769. The van der Waals surface area contributed by atoms with E-state index in [1.54, 1.807) is 4.90 Å². The second-order valence-electron chi connectivity index (χ2n) is 4.54. The average molecular weight is 267 g/mol. The zero-order valence-corrected chi connectivity index (χ0v) is 10.1. The molecule has 1 aliphatic heterocycles. The van der Waals surface area contributed by atoms with Crippen molar-refractivity contribution in [2.45, 2.75) is 19.1 Å². The van der Waals surface area contributed by atoms with E-state index < -0.39 is 11.7 Å². The molecule has 1 unspecified atom stereocenters. The highest BCUT2D eigenvalue weighted by atomic mass is 19.4. The van der Waals surface area contributed by atoms with E-state index in [0.29, 0.717) is 25.1 Å². The third kappa shape index (κ3) is 3.08. The van der Waals surface area contributed by atoms with Gasteiger partial charge in [-0.05, 0) is 17.7 Å². The number of rotatable bonds is 2. The van der Waals surface area contributed by atoms with Gasteiger partial charge in [-0.2, -0.15) is 13.2 Å². The number of amides is 1. The van der Waals surface area contributed by atoms with Gasteiger partial charge < -0.3 is 4.90 Å². The number of nitrogens with zero attached hydrogens (tertiary/aromatic N) is 1. The molecule has 2 rings (SSSR count). The van der Waals surface area contributed by atoms with Gasteiger partial charge in [0.15, 0.2) is 0 Å². The third-order valence-corrected chi connectivity index (χ3v) is 3.10. The number of alkyl halides is 3. The van der Waals surface area contributed by atoms with Crippen molar-refractivity contribution >= 4 is 5.91 Å². The van der Waals surface area contributed by atoms with Crippen molar-refractivity contribution in [3.8, 4) is 12.3 Å². The Morgan fingerprint density at radius 1 is 1.32 bits per heavy atom. The SMILES string of the molecule is C#CC1CC(=O)N(Cc2ccc(C(F)(F)F)cc2)C1. The van der Waals surface area contributed by atoms with Crippen LogP contribution in [-0.2, 0) is 17.5 Å². The Bertz CT molecular complexity index is 513. The Labute approximate surface area is 109 Å². The molecule has 0 N–H and O–H groups in total. The standard InChI is InChI=1S/C14H12F3NO/c1-2-10-7-13(19)18(8-10)9-11-3-5-12(6-4-11)14(15,16)17/h1,3-6,10H,7-9H2. The summed E-state index contributed by atoms with van der Waals surface area (Å²) in [6, 6.07) is 4.82. The summed E-state index contributed by atoms with van der Waals surface area (Å²) in [5.74, 6) is 2.38. The minimum absolute atomic E-state index is 0.0529. The molecule has 5 heteroatoms. The van der Waals surface area contributed by atoms with Crippen LogP contribution in [0.3, 0.4) is 0 Å². The Kier molecular flexibility index (Phi) is 3.52. The van der Waals surface area contributed by atoms with Crippen LogP contribution in [-0.4, -0.2) is 17.4 Å². The number of carbonyl (C=O) groups excluding carboxylic acids is 1. The predicted molar refractivity (Wildman–Crippen MR) is 63.8 cm³/mol. The van der Waals surface area contributed by atoms with Gasteiger partial charge in [0.1, 0.15) is 0 Å². The molecule has 100 valence electrons. The van der Waals surface area contributed by atoms with E-state index in [1.807, 2.05) is 0 Å². The highest BCUT2D eigenvalue weighted by molar-refractivity contribution is 5.79. The van der Waals surface area contributed by atoms with Crippen LogP contribution in [0.2, 0.25) is 0 Å². The molecule has 0 aromatic heterocycles. The topological polar surface area (TPSA) is 20.3 Å². The van der Waals surface area contributed by atoms with Crippen molar-refractivity contribution in [1.29, 1.82) is 0 Å². The van der Waals surface area contributed by atoms with Crippen molar-refractivity contribution in [3.63, 3.8) is 0 Å². The number of hydrogen-bond acceptors (Lipinski definition) is 1. The predicted octanol–water partition coefficient (Wildman–Crippen LogP) is 2.69. The van der Waals surface area contributed by atoms with Crippen LogP contribution in [0.15, 0.2) is 24.3 Å². The number of benzene rings is 1. The molecular weight excluding hydrogens is 255 g/mol. The molecule has 0 spiro atoms. The van der Waals surface area contributed by atoms with E-state index >= 15 is 0 Å². The Balaban J connectivity index is 2.05. The fourth-order valence-electron chi connectivity index (χ4n) is 2.06. The van der Waals surface area contributed by atoms with E-state index in [4.69, 9.17) is 6.42 Å². The maximum atomic E-state index is 12.4. The number of hydrogen-bond donors (Lipinski definition) is 0. The number of halogens is 3. The first-order valence-corrected chi connectivity index (χ1v) is 5.80. The summed E-state index contributed by atoms with van der Waals surface area (Å²) in [6.07, 6.45) is 1.25. The van der Waals surface area contributed by atoms with Gasteiger partial charge in [-0.25, -0.2) is 0 Å². The van der Waals surface area contributed by atoms with Gasteiger partial charge in [-0.3, -0.25) is 4.79 Å². The van der Waals surface area contributed by atoms with Crippen LogP contribution in [0.5, 0.6) is 0 Å². The van der Waals surface area contributed by atoms with E-state index in [2.05, 4.69) is 5.92 Å². The molecule has 1 aliphatic rings. The molecule has 0 saturated carbocycles. The molecule has 0 aliphatic carbocycles. The zero-order valence-electron chi connectivity index (χ0n) is 10.1. The van der Waals surface area contributed by atoms with Crippen molar-refractivity contribution in [3.05, 3.63) is 35.4 Å². The van der Waals surface area contributed by atoms with Crippen LogP contribution in [0.25, 0.3) is 0 Å². The quantitative estimate of drug-likeness (QED) is 0.754. The minimum Gasteiger partial charge on any atom is -0.337 e. The van der Waals surface area contributed by atoms with Gasteiger partial charge in [-0.15, -0.1) is 12.3 Å². The first-order valence-electron chi connectivity index (χ1n) is 5.80. The molecular formula is C14H12F3NO. The first kappa shape index (κ1) is 13.5. The van der Waals surface area contributed by atoms with Crippen molar-refractivity contribution in [1.82, 2.24) is 4.90 Å². The zero-order chi connectivity index (χ0) is 14.0. The van der Waals surface area contributed by atoms with Gasteiger partial charge in [0.2, 0.25) is 5.91 Å². The lowest BCUT2D eigenvalue weighted by Crippen LogP contribution is -2.24. The van der Waals surface area contributed by atoms with Gasteiger partial charge >= 0.3 is 6.18 Å². The summed E-state index contributed by atoms with van der Waals surface area (Å²) in [4.78, 5) is 13.2. The number of terminal acetylenes is 1. The van der Waals surface area contributed by atoms with E-state index in [9.17, 15) is 18.0 Å². The second kappa shape index (κ2) is 4.96. The Hall–Kier alpha value is -1.96. The van der Waals surface area contributed by atoms with Crippen molar-refractivity contribution < 1.29 is 18.0 Å². The van der Waals surface area contributed by atoms with Gasteiger partial charge in [0.05, 0.1) is 5.56 Å². The third-order valence-electron chi connectivity index (χ3n) is 3.10. The molecule has 1 aromatic carbocycles. The Morgan fingerprint density at radius 3 is 2.42 bits per heavy atom. The monoisotopic (exact) mass is 267 g/mol. The summed E-state index contributed by atoms with van der Waals surface area (Å²) >= 11 is 0. The fraction of sp³-hybridized carbons (Fsp3) is 0.357. The summed E-state index contributed by atoms with van der Waals surface area (Å²) in [5, 5.41) is 0. The molecule has 1 heterocycles. The lowest BCUT2D eigenvalue weighted by atomic mass is 10.1. The number of carbonyl (C=O) groups is 1. The molecule has 0 radical (unpaired) electrons. The fourth-order valence-corrected chi connectivity index (χ4v) is 2.06. The van der Waals surface area contributed by atoms with Crippen LogP contribution in [0.4, 0.5) is 13.2 Å². The molecule has 1 aromatic rings. The highest BCUT2D eigenvalue weighted by Crippen LogP contribution is 2.29. The summed E-state index contributed by atoms with van der Waals surface area (Å²) in [7, 11) is 0. The summed E-state index contributed by atoms with van der Waals surface area (Å²) in [5.41, 5.74) is -0.0236. The van der Waals surface area contributed by atoms with Crippen LogP contribution in [0.1, 0.15) is 17.5 Å². The van der Waals surface area contributed by atoms with Gasteiger partial charge in [-0.1, -0.05) is 12.1 Å². The van der Waals surface area contributed by atoms with E-state index in [1.165, 1.54) is 12.1 Å². The second-order valence-corrected chi connectivity index (χ2v) is 4.54. The molecule has 0 bridgehead atoms. The average Bonchev–Trinajstić information content (AvgIpc) is 2.70. The van der Waals surface area contributed by atoms with E-state index in [0.717, 1.165) is 12.1 Å².